The van der Waals surface area contributed by atoms with Crippen molar-refractivity contribution in [2.75, 3.05) is 0 Å². The number of fused-ring (bicyclic) bond motifs is 5. The average molecular weight is 363 g/mol. The van der Waals surface area contributed by atoms with Crippen molar-refractivity contribution in [2.45, 2.75) is 12.2 Å². The van der Waals surface area contributed by atoms with E-state index in [1.54, 1.807) is 36.4 Å². The lowest BCUT2D eigenvalue weighted by Gasteiger charge is -2.18. The fraction of sp³-hybridized carbons (Fsp3) is 0.267. The zero-order valence-corrected chi connectivity index (χ0v) is 12.8. The summed E-state index contributed by atoms with van der Waals surface area (Å²) in [5.74, 6) is -2.36. The number of hydrazine groups is 1. The van der Waals surface area contributed by atoms with E-state index in [9.17, 15) is 14.4 Å². The second kappa shape index (κ2) is 4.76. The Kier molecular flexibility index (Phi) is 2.95. The highest BCUT2D eigenvalue weighted by Gasteiger charge is 2.61. The number of rotatable bonds is 2. The van der Waals surface area contributed by atoms with Crippen LogP contribution in [-0.4, -0.2) is 34.9 Å². The van der Waals surface area contributed by atoms with Crippen molar-refractivity contribution >= 4 is 33.7 Å². The van der Waals surface area contributed by atoms with Gasteiger partial charge >= 0.3 is 0 Å². The highest BCUT2D eigenvalue weighted by molar-refractivity contribution is 9.10. The molecule has 7 heteroatoms. The van der Waals surface area contributed by atoms with Gasteiger partial charge in [0, 0.05) is 10.0 Å². The van der Waals surface area contributed by atoms with Gasteiger partial charge in [0.2, 0.25) is 0 Å². The highest BCUT2D eigenvalue weighted by atomic mass is 79.9. The second-order valence-corrected chi connectivity index (χ2v) is 6.38. The fourth-order valence-electron chi connectivity index (χ4n) is 3.21. The Bertz CT molecular complexity index is 702. The number of hydrogen-bond acceptors (Lipinski definition) is 4. The molecule has 1 N–H and O–H groups in total. The third-order valence-electron chi connectivity index (χ3n) is 4.21. The van der Waals surface area contributed by atoms with E-state index in [4.69, 9.17) is 4.74 Å². The van der Waals surface area contributed by atoms with E-state index < -0.39 is 29.6 Å². The smallest absolute Gasteiger partial charge is 0.270 e. The molecule has 0 spiro atoms. The summed E-state index contributed by atoms with van der Waals surface area (Å²) in [5.41, 5.74) is 2.78. The molecule has 112 valence electrons. The molecule has 0 aromatic heterocycles. The standard InChI is InChI=1S/C15H11BrN2O4/c16-8-3-1-2-7(6-8)13(19)17-18-14(20)11-9-4-5-10(22-9)12(11)15(18)21/h1-6,9-12H,(H,17,19)/t9-,10-,11+,12+/m1/s1. The second-order valence-electron chi connectivity index (χ2n) is 5.46. The molecule has 22 heavy (non-hydrogen) atoms. The first-order valence-electron chi connectivity index (χ1n) is 6.84. The maximum Gasteiger partial charge on any atom is 0.270 e. The Morgan fingerprint density at radius 3 is 2.36 bits per heavy atom. The van der Waals surface area contributed by atoms with Crippen LogP contribution in [-0.2, 0) is 14.3 Å². The first-order valence-corrected chi connectivity index (χ1v) is 7.64. The monoisotopic (exact) mass is 362 g/mol. The SMILES string of the molecule is O=C(NN1C(=O)[C@@H]2[C@@H](C1=O)[C@H]1C=C[C@H]2O1)c1cccc(Br)c1. The minimum Gasteiger partial charge on any atom is -0.365 e. The van der Waals surface area contributed by atoms with E-state index in [1.165, 1.54) is 0 Å². The van der Waals surface area contributed by atoms with Gasteiger partial charge in [-0.15, -0.1) is 0 Å². The number of imide groups is 1. The molecule has 2 fully saturated rings. The van der Waals surface area contributed by atoms with Gasteiger partial charge in [0.25, 0.3) is 17.7 Å². The maximum absolute atomic E-state index is 12.4. The molecule has 4 atom stereocenters. The van der Waals surface area contributed by atoms with Crippen molar-refractivity contribution in [1.29, 1.82) is 0 Å². The van der Waals surface area contributed by atoms with E-state index in [-0.39, 0.29) is 12.2 Å². The largest absolute Gasteiger partial charge is 0.365 e. The molecule has 0 saturated carbocycles. The van der Waals surface area contributed by atoms with Crippen LogP contribution in [0.1, 0.15) is 10.4 Å². The summed E-state index contributed by atoms with van der Waals surface area (Å²) >= 11 is 3.28. The van der Waals surface area contributed by atoms with E-state index >= 15 is 0 Å². The lowest BCUT2D eigenvalue weighted by Crippen LogP contribution is -2.47. The molecule has 0 aliphatic carbocycles. The predicted molar refractivity (Wildman–Crippen MR) is 78.2 cm³/mol. The minimum absolute atomic E-state index is 0.362. The topological polar surface area (TPSA) is 75.7 Å². The Hall–Kier alpha value is -1.99. The van der Waals surface area contributed by atoms with Crippen LogP contribution in [0, 0.1) is 11.8 Å². The summed E-state index contributed by atoms with van der Waals surface area (Å²) < 4.78 is 6.28. The van der Waals surface area contributed by atoms with Crippen LogP contribution < -0.4 is 5.43 Å². The number of halogens is 1. The molecule has 3 heterocycles. The van der Waals surface area contributed by atoms with Gasteiger partial charge in [-0.1, -0.05) is 34.1 Å². The first-order chi connectivity index (χ1) is 10.6. The van der Waals surface area contributed by atoms with Gasteiger partial charge < -0.3 is 4.74 Å². The Morgan fingerprint density at radius 2 is 1.77 bits per heavy atom. The summed E-state index contributed by atoms with van der Waals surface area (Å²) in [4.78, 5) is 37.0. The normalized spacial score (nSPS) is 31.8. The predicted octanol–water partition coefficient (Wildman–Crippen LogP) is 1.03. The molecule has 2 bridgehead atoms. The van der Waals surface area contributed by atoms with Gasteiger partial charge in [-0.05, 0) is 18.2 Å². The van der Waals surface area contributed by atoms with Crippen LogP contribution in [0.2, 0.25) is 0 Å². The summed E-state index contributed by atoms with van der Waals surface area (Å²) in [6.07, 6.45) is 2.88. The van der Waals surface area contributed by atoms with Crippen LogP contribution in [0.25, 0.3) is 0 Å². The minimum atomic E-state index is -0.523. The van der Waals surface area contributed by atoms with Crippen LogP contribution >= 0.6 is 15.9 Å². The molecule has 3 amide bonds. The van der Waals surface area contributed by atoms with E-state index in [0.717, 1.165) is 9.48 Å². The molecular weight excluding hydrogens is 352 g/mol. The average Bonchev–Trinajstić information content (AvgIpc) is 3.17. The molecule has 0 radical (unpaired) electrons. The van der Waals surface area contributed by atoms with Crippen molar-refractivity contribution in [1.82, 2.24) is 10.4 Å². The van der Waals surface area contributed by atoms with Gasteiger partial charge in [-0.3, -0.25) is 19.8 Å². The molecule has 3 aliphatic heterocycles. The van der Waals surface area contributed by atoms with Crippen LogP contribution in [0.4, 0.5) is 0 Å². The molecule has 1 aromatic rings. The number of nitrogens with one attached hydrogen (secondary N) is 1. The fourth-order valence-corrected chi connectivity index (χ4v) is 3.61. The molecule has 2 saturated heterocycles. The van der Waals surface area contributed by atoms with Gasteiger partial charge in [-0.2, -0.15) is 5.01 Å². The number of carbonyl (C=O) groups is 3. The van der Waals surface area contributed by atoms with Crippen molar-refractivity contribution in [2.24, 2.45) is 11.8 Å². The van der Waals surface area contributed by atoms with Crippen molar-refractivity contribution in [3.63, 3.8) is 0 Å². The lowest BCUT2D eigenvalue weighted by atomic mass is 9.85. The third kappa shape index (κ3) is 1.85. The molecule has 0 unspecified atom stereocenters. The Morgan fingerprint density at radius 1 is 1.14 bits per heavy atom. The van der Waals surface area contributed by atoms with Crippen LogP contribution in [0.3, 0.4) is 0 Å². The Balaban J connectivity index is 1.56. The maximum atomic E-state index is 12.4. The Labute approximate surface area is 134 Å². The lowest BCUT2D eigenvalue weighted by molar-refractivity contribution is -0.145. The van der Waals surface area contributed by atoms with Crippen molar-refractivity contribution in [3.8, 4) is 0 Å². The number of carbonyl (C=O) groups excluding carboxylic acids is 3. The zero-order valence-electron chi connectivity index (χ0n) is 11.2. The van der Waals surface area contributed by atoms with E-state index in [1.807, 2.05) is 0 Å². The van der Waals surface area contributed by atoms with Gasteiger partial charge in [0.05, 0.1) is 24.0 Å². The van der Waals surface area contributed by atoms with Crippen LogP contribution in [0.15, 0.2) is 40.9 Å². The molecule has 1 aromatic carbocycles. The quantitative estimate of drug-likeness (QED) is 0.629. The van der Waals surface area contributed by atoms with Gasteiger partial charge in [0.1, 0.15) is 0 Å². The number of nitrogens with zero attached hydrogens (tertiary/aromatic N) is 1. The summed E-state index contributed by atoms with van der Waals surface area (Å²) in [6, 6.07) is 6.73. The van der Waals surface area contributed by atoms with Crippen LogP contribution in [0.5, 0.6) is 0 Å². The van der Waals surface area contributed by atoms with E-state index in [2.05, 4.69) is 21.4 Å². The van der Waals surface area contributed by atoms with Gasteiger partial charge in [-0.25, -0.2) is 0 Å². The number of hydrogen-bond donors (Lipinski definition) is 1. The van der Waals surface area contributed by atoms with Crippen molar-refractivity contribution in [3.05, 3.63) is 46.5 Å². The third-order valence-corrected chi connectivity index (χ3v) is 4.70. The molecule has 4 rings (SSSR count). The summed E-state index contributed by atoms with van der Waals surface area (Å²) in [7, 11) is 0. The van der Waals surface area contributed by atoms with Crippen molar-refractivity contribution < 1.29 is 19.1 Å². The van der Waals surface area contributed by atoms with E-state index in [0.29, 0.717) is 5.56 Å². The molecular formula is C15H11BrN2O4. The number of ether oxygens (including phenoxy) is 1. The summed E-state index contributed by atoms with van der Waals surface area (Å²) in [6.45, 7) is 0. The first kappa shape index (κ1) is 13.7. The molecule has 3 aliphatic rings. The van der Waals surface area contributed by atoms with Gasteiger partial charge in [0.15, 0.2) is 0 Å². The highest BCUT2D eigenvalue weighted by Crippen LogP contribution is 2.44. The number of benzene rings is 1. The number of amides is 3. The molecule has 6 nitrogen and oxygen atoms in total. The zero-order chi connectivity index (χ0) is 15.4. The summed E-state index contributed by atoms with van der Waals surface area (Å²) in [5, 5.41) is 0.841.